The van der Waals surface area contributed by atoms with Crippen molar-refractivity contribution in [2.75, 3.05) is 0 Å². The van der Waals surface area contributed by atoms with Crippen LogP contribution in [0.1, 0.15) is 23.9 Å². The number of ether oxygens (including phenoxy) is 1. The Labute approximate surface area is 131 Å². The van der Waals surface area contributed by atoms with E-state index in [1.165, 1.54) is 24.3 Å². The van der Waals surface area contributed by atoms with Crippen LogP contribution < -0.4 is 4.74 Å². The van der Waals surface area contributed by atoms with Crippen molar-refractivity contribution in [2.24, 2.45) is 0 Å². The van der Waals surface area contributed by atoms with Crippen molar-refractivity contribution >= 4 is 0 Å². The van der Waals surface area contributed by atoms with E-state index in [4.69, 9.17) is 0 Å². The van der Waals surface area contributed by atoms with Crippen LogP contribution in [0.5, 0.6) is 5.75 Å². The standard InChI is InChI=1S/C17H13F3N2O/c1-2-3-4-14-11-21-16(22-12-14)10-7-13-5-8-15(9-6-13)23-17(18,19)20/h2-3,5-6,8-9,11-12H,4H2,1H3. The highest BCUT2D eigenvalue weighted by Crippen LogP contribution is 2.22. The minimum atomic E-state index is -4.70. The Morgan fingerprint density at radius 3 is 2.30 bits per heavy atom. The first-order valence-corrected chi connectivity index (χ1v) is 6.76. The Morgan fingerprint density at radius 1 is 1.09 bits per heavy atom. The molecule has 0 aliphatic heterocycles. The highest BCUT2D eigenvalue weighted by Gasteiger charge is 2.30. The van der Waals surface area contributed by atoms with Gasteiger partial charge in [-0.05, 0) is 49.1 Å². The van der Waals surface area contributed by atoms with Crippen LogP contribution in [-0.4, -0.2) is 16.3 Å². The van der Waals surface area contributed by atoms with Gasteiger partial charge >= 0.3 is 6.36 Å². The van der Waals surface area contributed by atoms with Gasteiger partial charge in [0.15, 0.2) is 0 Å². The van der Waals surface area contributed by atoms with E-state index in [0.29, 0.717) is 11.4 Å². The van der Waals surface area contributed by atoms with Gasteiger partial charge in [-0.15, -0.1) is 13.2 Å². The van der Waals surface area contributed by atoms with Crippen molar-refractivity contribution in [3.63, 3.8) is 0 Å². The lowest BCUT2D eigenvalue weighted by Crippen LogP contribution is -2.16. The van der Waals surface area contributed by atoms with E-state index in [1.54, 1.807) is 12.4 Å². The molecule has 0 radical (unpaired) electrons. The van der Waals surface area contributed by atoms with E-state index in [1.807, 2.05) is 19.1 Å². The number of aromatic nitrogens is 2. The first-order valence-electron chi connectivity index (χ1n) is 6.76. The Hall–Kier alpha value is -2.81. The molecule has 6 heteroatoms. The quantitative estimate of drug-likeness (QED) is 0.636. The van der Waals surface area contributed by atoms with Crippen molar-refractivity contribution in [2.45, 2.75) is 19.7 Å². The van der Waals surface area contributed by atoms with Gasteiger partial charge in [-0.3, -0.25) is 0 Å². The number of nitrogens with zero attached hydrogens (tertiary/aromatic N) is 2. The average molecular weight is 318 g/mol. The summed E-state index contributed by atoms with van der Waals surface area (Å²) in [6.07, 6.45) is 3.38. The van der Waals surface area contributed by atoms with Gasteiger partial charge in [0.1, 0.15) is 5.75 Å². The summed E-state index contributed by atoms with van der Waals surface area (Å²) in [6.45, 7) is 1.94. The highest BCUT2D eigenvalue weighted by molar-refractivity contribution is 5.41. The van der Waals surface area contributed by atoms with Gasteiger partial charge in [0.2, 0.25) is 5.82 Å². The summed E-state index contributed by atoms with van der Waals surface area (Å²) in [7, 11) is 0. The third-order valence-electron chi connectivity index (χ3n) is 2.70. The van der Waals surface area contributed by atoms with E-state index >= 15 is 0 Å². The fourth-order valence-corrected chi connectivity index (χ4v) is 1.65. The number of alkyl halides is 3. The molecule has 0 aliphatic carbocycles. The monoisotopic (exact) mass is 318 g/mol. The predicted octanol–water partition coefficient (Wildman–Crippen LogP) is 3.89. The maximum atomic E-state index is 12.1. The average Bonchev–Trinajstić information content (AvgIpc) is 2.52. The van der Waals surface area contributed by atoms with Crippen molar-refractivity contribution in [1.29, 1.82) is 0 Å². The largest absolute Gasteiger partial charge is 0.573 e. The number of hydrogen-bond acceptors (Lipinski definition) is 3. The normalized spacial score (nSPS) is 11.1. The zero-order chi connectivity index (χ0) is 16.7. The van der Waals surface area contributed by atoms with Gasteiger partial charge in [0.05, 0.1) is 0 Å². The molecule has 23 heavy (non-hydrogen) atoms. The second-order valence-electron chi connectivity index (χ2n) is 4.51. The molecule has 118 valence electrons. The fraction of sp³-hybridized carbons (Fsp3) is 0.176. The third kappa shape index (κ3) is 5.83. The summed E-state index contributed by atoms with van der Waals surface area (Å²) < 4.78 is 39.9. The van der Waals surface area contributed by atoms with E-state index in [2.05, 4.69) is 26.5 Å². The minimum Gasteiger partial charge on any atom is -0.406 e. The molecule has 1 heterocycles. The van der Waals surface area contributed by atoms with Crippen molar-refractivity contribution in [3.05, 3.63) is 65.8 Å². The lowest BCUT2D eigenvalue weighted by Gasteiger charge is -2.07. The first-order chi connectivity index (χ1) is 11.0. The lowest BCUT2D eigenvalue weighted by molar-refractivity contribution is -0.274. The van der Waals surface area contributed by atoms with Crippen LogP contribution in [0.4, 0.5) is 13.2 Å². The number of allylic oxidation sites excluding steroid dienone is 2. The van der Waals surface area contributed by atoms with Crippen LogP contribution in [0, 0.1) is 11.8 Å². The van der Waals surface area contributed by atoms with Gasteiger partial charge in [0.25, 0.3) is 0 Å². The summed E-state index contributed by atoms with van der Waals surface area (Å²) >= 11 is 0. The molecule has 0 atom stereocenters. The van der Waals surface area contributed by atoms with Crippen LogP contribution in [-0.2, 0) is 6.42 Å². The van der Waals surface area contributed by atoms with Crippen molar-refractivity contribution in [3.8, 4) is 17.6 Å². The van der Waals surface area contributed by atoms with Crippen molar-refractivity contribution < 1.29 is 17.9 Å². The van der Waals surface area contributed by atoms with Gasteiger partial charge in [0, 0.05) is 18.0 Å². The second kappa shape index (κ2) is 7.45. The van der Waals surface area contributed by atoms with Crippen LogP contribution in [0.2, 0.25) is 0 Å². The number of halogens is 3. The molecule has 1 aromatic heterocycles. The Balaban J connectivity index is 2.03. The van der Waals surface area contributed by atoms with E-state index in [9.17, 15) is 13.2 Å². The molecule has 0 fully saturated rings. The van der Waals surface area contributed by atoms with Crippen molar-refractivity contribution in [1.82, 2.24) is 9.97 Å². The molecule has 0 spiro atoms. The molecule has 3 nitrogen and oxygen atoms in total. The first kappa shape index (κ1) is 16.6. The van der Waals surface area contributed by atoms with Gasteiger partial charge in [-0.2, -0.15) is 0 Å². The van der Waals surface area contributed by atoms with Gasteiger partial charge in [-0.25, -0.2) is 9.97 Å². The summed E-state index contributed by atoms with van der Waals surface area (Å²) in [4.78, 5) is 8.24. The SMILES string of the molecule is CC=CCc1cnc(C#Cc2ccc(OC(F)(F)F)cc2)nc1. The lowest BCUT2D eigenvalue weighted by atomic mass is 10.2. The van der Waals surface area contributed by atoms with E-state index in [-0.39, 0.29) is 5.75 Å². The minimum absolute atomic E-state index is 0.285. The van der Waals surface area contributed by atoms with Crippen LogP contribution in [0.3, 0.4) is 0 Å². The molecule has 0 aliphatic rings. The number of hydrogen-bond donors (Lipinski definition) is 0. The van der Waals surface area contributed by atoms with Crippen LogP contribution >= 0.6 is 0 Å². The smallest absolute Gasteiger partial charge is 0.406 e. The highest BCUT2D eigenvalue weighted by atomic mass is 19.4. The Morgan fingerprint density at radius 2 is 1.74 bits per heavy atom. The maximum absolute atomic E-state index is 12.1. The third-order valence-corrected chi connectivity index (χ3v) is 2.70. The second-order valence-corrected chi connectivity index (χ2v) is 4.51. The van der Waals surface area contributed by atoms with Gasteiger partial charge in [-0.1, -0.05) is 18.1 Å². The van der Waals surface area contributed by atoms with Gasteiger partial charge < -0.3 is 4.74 Å². The van der Waals surface area contributed by atoms with E-state index < -0.39 is 6.36 Å². The zero-order valence-corrected chi connectivity index (χ0v) is 12.3. The summed E-state index contributed by atoms with van der Waals surface area (Å²) in [5.41, 5.74) is 1.52. The Kier molecular flexibility index (Phi) is 5.36. The number of rotatable bonds is 3. The molecule has 2 rings (SSSR count). The van der Waals surface area contributed by atoms with Crippen LogP contribution in [0.25, 0.3) is 0 Å². The molecule has 0 saturated carbocycles. The topological polar surface area (TPSA) is 35.0 Å². The molecule has 0 amide bonds. The predicted molar refractivity (Wildman–Crippen MR) is 79.7 cm³/mol. The summed E-state index contributed by atoms with van der Waals surface area (Å²) in [5, 5.41) is 0. The number of benzene rings is 1. The molecule has 0 saturated heterocycles. The molecule has 1 aromatic carbocycles. The Bertz CT molecular complexity index is 724. The zero-order valence-electron chi connectivity index (χ0n) is 12.3. The van der Waals surface area contributed by atoms with Crippen LogP contribution in [0.15, 0.2) is 48.8 Å². The molecule has 0 bridgehead atoms. The molecular formula is C17H13F3N2O. The summed E-state index contributed by atoms with van der Waals surface area (Å²) in [6, 6.07) is 5.29. The molecule has 2 aromatic rings. The molecular weight excluding hydrogens is 305 g/mol. The van der Waals surface area contributed by atoms with E-state index in [0.717, 1.165) is 12.0 Å². The molecule has 0 unspecified atom stereocenters. The summed E-state index contributed by atoms with van der Waals surface area (Å²) in [5.74, 6) is 5.61. The molecule has 0 N–H and O–H groups in total. The fourth-order valence-electron chi connectivity index (χ4n) is 1.65. The maximum Gasteiger partial charge on any atom is 0.573 e.